The van der Waals surface area contributed by atoms with Gasteiger partial charge in [-0.25, -0.2) is 0 Å². The van der Waals surface area contributed by atoms with Crippen LogP contribution in [-0.2, 0) is 10.1 Å². The Hall–Kier alpha value is -0.390. The Morgan fingerprint density at radius 3 is 1.82 bits per heavy atom. The number of rotatable bonds is 12. The summed E-state index contributed by atoms with van der Waals surface area (Å²) in [6.07, 6.45) is 11.5. The fourth-order valence-electron chi connectivity index (χ4n) is 2.19. The van der Waals surface area contributed by atoms with Crippen molar-refractivity contribution in [1.82, 2.24) is 5.32 Å². The van der Waals surface area contributed by atoms with Gasteiger partial charge in [0.25, 0.3) is 10.1 Å². The van der Waals surface area contributed by atoms with Gasteiger partial charge in [-0.2, -0.15) is 8.42 Å². The molecule has 0 aromatic rings. The zero-order valence-electron chi connectivity index (χ0n) is 15.0. The summed E-state index contributed by atoms with van der Waals surface area (Å²) in [5.74, 6) is -0.121. The molecule has 0 heterocycles. The smallest absolute Gasteiger partial charge is 0.281 e. The van der Waals surface area contributed by atoms with Gasteiger partial charge in [0.2, 0.25) is 0 Å². The molecule has 0 saturated heterocycles. The zero-order valence-corrected chi connectivity index (χ0v) is 15.8. The topological polar surface area (TPSA) is 66.4 Å². The molecule has 5 heteroatoms. The van der Waals surface area contributed by atoms with Crippen LogP contribution in [0.5, 0.6) is 0 Å². The Balaban J connectivity index is 0. The first-order valence-corrected chi connectivity index (χ1v) is 10.1. The molecule has 0 aliphatic rings. The molecular formula is C17H37NO3S. The molecule has 2 N–H and O–H groups in total. The molecule has 0 aromatic heterocycles. The van der Waals surface area contributed by atoms with Gasteiger partial charge in [0, 0.05) is 0 Å². The number of hydrogen-bond donors (Lipinski definition) is 2. The van der Waals surface area contributed by atoms with E-state index < -0.39 is 15.5 Å². The summed E-state index contributed by atoms with van der Waals surface area (Å²) in [5, 5.41) is 2.10. The molecule has 0 radical (unpaired) electrons. The highest BCUT2D eigenvalue weighted by molar-refractivity contribution is 7.86. The summed E-state index contributed by atoms with van der Waals surface area (Å²) in [5.41, 5.74) is 0. The third-order valence-electron chi connectivity index (χ3n) is 3.30. The highest BCUT2D eigenvalue weighted by Crippen LogP contribution is 2.10. The van der Waals surface area contributed by atoms with Crippen molar-refractivity contribution in [3.8, 4) is 0 Å². The number of allylic oxidation sites excluding steroid dienone is 1. The van der Waals surface area contributed by atoms with E-state index in [1.807, 2.05) is 6.92 Å². The molecule has 0 spiro atoms. The van der Waals surface area contributed by atoms with E-state index in [1.165, 1.54) is 38.5 Å². The standard InChI is InChI=1S/C14H31NO3S.C3H6/c1-4-5-6-7-8-9-10-11-12-15-14(13(2)3)19(16,17)18;1-3-2/h13-15H,4-12H2,1-3H3,(H,16,17,18);3H,1H2,2H3. The van der Waals surface area contributed by atoms with Gasteiger partial charge in [-0.3, -0.25) is 9.87 Å². The summed E-state index contributed by atoms with van der Waals surface area (Å²) in [7, 11) is -3.98. The Labute approximate surface area is 138 Å². The van der Waals surface area contributed by atoms with E-state index in [9.17, 15) is 8.42 Å². The Morgan fingerprint density at radius 2 is 1.45 bits per heavy atom. The summed E-state index contributed by atoms with van der Waals surface area (Å²) in [6.45, 7) is 11.7. The molecule has 0 amide bonds. The van der Waals surface area contributed by atoms with Crippen LogP contribution in [0.1, 0.15) is 79.1 Å². The summed E-state index contributed by atoms with van der Waals surface area (Å²) in [4.78, 5) is 0. The molecular weight excluding hydrogens is 298 g/mol. The predicted molar refractivity (Wildman–Crippen MR) is 96.7 cm³/mol. The van der Waals surface area contributed by atoms with Crippen molar-refractivity contribution in [3.63, 3.8) is 0 Å². The lowest BCUT2D eigenvalue weighted by atomic mass is 10.1. The van der Waals surface area contributed by atoms with E-state index in [0.717, 1.165) is 12.8 Å². The van der Waals surface area contributed by atoms with Gasteiger partial charge < -0.3 is 0 Å². The molecule has 0 rings (SSSR count). The Kier molecular flexibility index (Phi) is 16.8. The predicted octanol–water partition coefficient (Wildman–Crippen LogP) is 4.78. The van der Waals surface area contributed by atoms with Crippen molar-refractivity contribution in [3.05, 3.63) is 12.7 Å². The molecule has 134 valence electrons. The molecule has 0 aliphatic heterocycles. The van der Waals surface area contributed by atoms with Crippen LogP contribution in [0.2, 0.25) is 0 Å². The van der Waals surface area contributed by atoms with Crippen molar-refractivity contribution in [2.24, 2.45) is 5.92 Å². The molecule has 1 unspecified atom stereocenters. The van der Waals surface area contributed by atoms with Crippen LogP contribution in [0.4, 0.5) is 0 Å². The third kappa shape index (κ3) is 16.0. The van der Waals surface area contributed by atoms with Crippen molar-refractivity contribution in [2.75, 3.05) is 6.54 Å². The van der Waals surface area contributed by atoms with E-state index in [0.29, 0.717) is 6.54 Å². The van der Waals surface area contributed by atoms with Crippen LogP contribution >= 0.6 is 0 Å². The monoisotopic (exact) mass is 335 g/mol. The second-order valence-electron chi connectivity index (χ2n) is 6.02. The number of unbranched alkanes of at least 4 members (excludes halogenated alkanes) is 7. The highest BCUT2D eigenvalue weighted by atomic mass is 32.2. The lowest BCUT2D eigenvalue weighted by Gasteiger charge is -2.19. The van der Waals surface area contributed by atoms with Gasteiger partial charge >= 0.3 is 0 Å². The van der Waals surface area contributed by atoms with Crippen LogP contribution in [0.15, 0.2) is 12.7 Å². The van der Waals surface area contributed by atoms with Crippen LogP contribution in [0.25, 0.3) is 0 Å². The van der Waals surface area contributed by atoms with Gasteiger partial charge in [0.05, 0.1) is 0 Å². The lowest BCUT2D eigenvalue weighted by Crippen LogP contribution is -2.41. The summed E-state index contributed by atoms with van der Waals surface area (Å²) in [6, 6.07) is 0. The van der Waals surface area contributed by atoms with E-state index in [-0.39, 0.29) is 5.92 Å². The first-order chi connectivity index (χ1) is 10.3. The van der Waals surface area contributed by atoms with Crippen LogP contribution in [-0.4, -0.2) is 24.9 Å². The van der Waals surface area contributed by atoms with Gasteiger partial charge in [-0.1, -0.05) is 71.8 Å². The van der Waals surface area contributed by atoms with E-state index in [1.54, 1.807) is 19.9 Å². The Morgan fingerprint density at radius 1 is 1.05 bits per heavy atom. The SMILES string of the molecule is C=CC.CCCCCCCCCCNC(C(C)C)S(=O)(=O)O. The van der Waals surface area contributed by atoms with Gasteiger partial charge in [-0.05, 0) is 25.8 Å². The maximum atomic E-state index is 11.1. The molecule has 0 fully saturated rings. The molecule has 0 bridgehead atoms. The Bertz CT molecular complexity index is 340. The maximum Gasteiger partial charge on any atom is 0.281 e. The van der Waals surface area contributed by atoms with E-state index >= 15 is 0 Å². The average molecular weight is 336 g/mol. The van der Waals surface area contributed by atoms with Crippen LogP contribution in [0.3, 0.4) is 0 Å². The molecule has 0 saturated carbocycles. The summed E-state index contributed by atoms with van der Waals surface area (Å²) >= 11 is 0. The fourth-order valence-corrected chi connectivity index (χ4v) is 3.20. The third-order valence-corrected chi connectivity index (χ3v) is 4.66. The zero-order chi connectivity index (χ0) is 17.4. The largest absolute Gasteiger partial charge is 0.299 e. The number of hydrogen-bond acceptors (Lipinski definition) is 3. The van der Waals surface area contributed by atoms with Crippen LogP contribution in [0, 0.1) is 5.92 Å². The van der Waals surface area contributed by atoms with Crippen LogP contribution < -0.4 is 5.32 Å². The quantitative estimate of drug-likeness (QED) is 0.306. The minimum atomic E-state index is -3.98. The van der Waals surface area contributed by atoms with Gasteiger partial charge in [0.1, 0.15) is 5.37 Å². The molecule has 1 atom stereocenters. The first kappa shape index (κ1) is 23.9. The number of nitrogens with one attached hydrogen (secondary N) is 1. The second-order valence-corrected chi connectivity index (χ2v) is 7.55. The normalized spacial score (nSPS) is 12.6. The van der Waals surface area contributed by atoms with E-state index in [2.05, 4.69) is 18.8 Å². The fraction of sp³-hybridized carbons (Fsp3) is 0.882. The highest BCUT2D eigenvalue weighted by Gasteiger charge is 2.25. The van der Waals surface area contributed by atoms with Gasteiger partial charge in [0.15, 0.2) is 0 Å². The van der Waals surface area contributed by atoms with Crippen molar-refractivity contribution >= 4 is 10.1 Å². The minimum Gasteiger partial charge on any atom is -0.299 e. The molecule has 4 nitrogen and oxygen atoms in total. The van der Waals surface area contributed by atoms with E-state index in [4.69, 9.17) is 4.55 Å². The van der Waals surface area contributed by atoms with Crippen molar-refractivity contribution < 1.29 is 13.0 Å². The maximum absolute atomic E-state index is 11.1. The average Bonchev–Trinajstić information content (AvgIpc) is 2.40. The minimum absolute atomic E-state index is 0.121. The van der Waals surface area contributed by atoms with Crippen molar-refractivity contribution in [2.45, 2.75) is 84.4 Å². The lowest BCUT2D eigenvalue weighted by molar-refractivity contribution is 0.406. The first-order valence-electron chi connectivity index (χ1n) is 8.57. The molecule has 0 aliphatic carbocycles. The van der Waals surface area contributed by atoms with Crippen molar-refractivity contribution in [1.29, 1.82) is 0 Å². The molecule has 22 heavy (non-hydrogen) atoms. The molecule has 0 aromatic carbocycles. The van der Waals surface area contributed by atoms with Gasteiger partial charge in [-0.15, -0.1) is 6.58 Å². The summed E-state index contributed by atoms with van der Waals surface area (Å²) < 4.78 is 31.3. The second kappa shape index (κ2) is 15.5.